The van der Waals surface area contributed by atoms with Gasteiger partial charge in [0.25, 0.3) is 0 Å². The summed E-state index contributed by atoms with van der Waals surface area (Å²) in [6.07, 6.45) is 101. The summed E-state index contributed by atoms with van der Waals surface area (Å²) in [6.45, 7) is 4.94. The van der Waals surface area contributed by atoms with Crippen molar-refractivity contribution in [2.75, 3.05) is 13.2 Å². The van der Waals surface area contributed by atoms with E-state index in [1.165, 1.54) is 379 Å². The first kappa shape index (κ1) is 86.1. The molecule has 1 amide bonds. The van der Waals surface area contributed by atoms with Crippen LogP contribution in [0, 0.1) is 0 Å². The molecule has 0 radical (unpaired) electrons. The second-order valence-electron chi connectivity index (χ2n) is 27.7. The molecule has 88 heavy (non-hydrogen) atoms. The highest BCUT2D eigenvalue weighted by molar-refractivity contribution is 5.76. The van der Waals surface area contributed by atoms with Crippen LogP contribution in [0.15, 0.2) is 36.5 Å². The maximum absolute atomic E-state index is 12.5. The number of esters is 1. The molecule has 0 aromatic rings. The van der Waals surface area contributed by atoms with Crippen LogP contribution < -0.4 is 5.32 Å². The lowest BCUT2D eigenvalue weighted by atomic mass is 10.0. The van der Waals surface area contributed by atoms with Crippen LogP contribution >= 0.6 is 0 Å². The van der Waals surface area contributed by atoms with E-state index in [0.717, 1.165) is 44.9 Å². The number of hydrogen-bond acceptors (Lipinski definition) is 5. The number of nitrogens with one attached hydrogen (secondary N) is 1. The summed E-state index contributed by atoms with van der Waals surface area (Å²) in [5.41, 5.74) is 0. The van der Waals surface area contributed by atoms with Crippen LogP contribution in [0.3, 0.4) is 0 Å². The maximum Gasteiger partial charge on any atom is 0.305 e. The monoisotopic (exact) mass is 1240 g/mol. The zero-order valence-corrected chi connectivity index (χ0v) is 59.7. The van der Waals surface area contributed by atoms with Crippen LogP contribution in [0.4, 0.5) is 0 Å². The van der Waals surface area contributed by atoms with Crippen molar-refractivity contribution >= 4 is 11.9 Å². The van der Waals surface area contributed by atoms with Gasteiger partial charge in [0.2, 0.25) is 5.91 Å². The van der Waals surface area contributed by atoms with Gasteiger partial charge in [0.05, 0.1) is 25.4 Å². The van der Waals surface area contributed by atoms with Gasteiger partial charge in [0, 0.05) is 12.8 Å². The number of aliphatic hydroxyl groups excluding tert-OH is 2. The number of allylic oxidation sites excluding steroid dienone is 5. The van der Waals surface area contributed by atoms with Crippen molar-refractivity contribution in [2.24, 2.45) is 0 Å². The molecule has 520 valence electrons. The van der Waals surface area contributed by atoms with Gasteiger partial charge in [-0.3, -0.25) is 9.59 Å². The van der Waals surface area contributed by atoms with E-state index in [-0.39, 0.29) is 18.5 Å². The van der Waals surface area contributed by atoms with Crippen LogP contribution in [-0.4, -0.2) is 47.4 Å². The Morgan fingerprint density at radius 1 is 0.307 bits per heavy atom. The van der Waals surface area contributed by atoms with Gasteiger partial charge < -0.3 is 20.3 Å². The number of unbranched alkanes of at least 4 members (excludes halogenated alkanes) is 61. The number of hydrogen-bond donors (Lipinski definition) is 3. The number of carbonyl (C=O) groups is 2. The summed E-state index contributed by atoms with van der Waals surface area (Å²) in [6, 6.07) is -0.626. The maximum atomic E-state index is 12.5. The molecule has 0 fully saturated rings. The minimum absolute atomic E-state index is 0.0128. The summed E-state index contributed by atoms with van der Waals surface area (Å²) < 4.78 is 5.50. The summed E-state index contributed by atoms with van der Waals surface area (Å²) in [5.74, 6) is -0.0471. The van der Waals surface area contributed by atoms with E-state index in [4.69, 9.17) is 4.74 Å². The molecule has 0 aliphatic heterocycles. The molecule has 2 unspecified atom stereocenters. The normalized spacial score (nSPS) is 12.6. The predicted molar refractivity (Wildman–Crippen MR) is 389 cm³/mol. The second-order valence-corrected chi connectivity index (χ2v) is 27.7. The lowest BCUT2D eigenvalue weighted by molar-refractivity contribution is -0.143. The summed E-state index contributed by atoms with van der Waals surface area (Å²) in [5, 5.41) is 23.3. The third kappa shape index (κ3) is 73.1. The van der Waals surface area contributed by atoms with Gasteiger partial charge in [-0.1, -0.05) is 391 Å². The van der Waals surface area contributed by atoms with Gasteiger partial charge in [-0.05, 0) is 83.5 Å². The van der Waals surface area contributed by atoms with E-state index in [0.29, 0.717) is 19.4 Å². The molecule has 0 rings (SSSR count). The molecule has 6 nitrogen and oxygen atoms in total. The van der Waals surface area contributed by atoms with Gasteiger partial charge in [0.15, 0.2) is 0 Å². The zero-order chi connectivity index (χ0) is 63.5. The average Bonchev–Trinajstić information content (AvgIpc) is 3.58. The SMILES string of the molecule is CCCCCCCC/C=C\CCCCCCCC(=O)OCCCCCCCCCCCCCCCC/C=C\CCCCCCCCCCCCCCCCCCCC(=O)NC(CO)C(O)/C=C/CCCCCCCCCCCCCCCCCCCCC. The minimum Gasteiger partial charge on any atom is -0.466 e. The van der Waals surface area contributed by atoms with Crippen molar-refractivity contribution in [3.8, 4) is 0 Å². The highest BCUT2D eigenvalue weighted by atomic mass is 16.5. The number of ether oxygens (including phenoxy) is 1. The third-order valence-corrected chi connectivity index (χ3v) is 18.9. The molecule has 0 aromatic heterocycles. The van der Waals surface area contributed by atoms with Crippen molar-refractivity contribution < 1.29 is 24.5 Å². The molecule has 0 saturated heterocycles. The molecular formula is C82H157NO5. The minimum atomic E-state index is -0.843. The molecule has 3 N–H and O–H groups in total. The summed E-state index contributed by atoms with van der Waals surface area (Å²) in [7, 11) is 0. The van der Waals surface area contributed by atoms with Gasteiger partial charge in [0.1, 0.15) is 0 Å². The van der Waals surface area contributed by atoms with Crippen molar-refractivity contribution in [3.63, 3.8) is 0 Å². The molecule has 0 aliphatic carbocycles. The van der Waals surface area contributed by atoms with E-state index in [9.17, 15) is 19.8 Å². The second kappa shape index (κ2) is 77.5. The van der Waals surface area contributed by atoms with Gasteiger partial charge in [-0.25, -0.2) is 0 Å². The highest BCUT2D eigenvalue weighted by Gasteiger charge is 2.18. The fraction of sp³-hybridized carbons (Fsp3) is 0.902. The molecule has 0 spiro atoms. The Balaban J connectivity index is 3.36. The topological polar surface area (TPSA) is 95.9 Å². The molecule has 0 heterocycles. The van der Waals surface area contributed by atoms with Crippen LogP contribution in [0.25, 0.3) is 0 Å². The Bertz CT molecular complexity index is 1430. The average molecular weight is 1240 g/mol. The van der Waals surface area contributed by atoms with E-state index in [1.807, 2.05) is 6.08 Å². The molecule has 0 saturated carbocycles. The number of aliphatic hydroxyl groups is 2. The largest absolute Gasteiger partial charge is 0.466 e. The zero-order valence-electron chi connectivity index (χ0n) is 59.7. The first-order chi connectivity index (χ1) is 43.5. The molecule has 2 atom stereocenters. The van der Waals surface area contributed by atoms with Crippen molar-refractivity contribution in [3.05, 3.63) is 36.5 Å². The summed E-state index contributed by atoms with van der Waals surface area (Å²) >= 11 is 0. The van der Waals surface area contributed by atoms with Gasteiger partial charge >= 0.3 is 5.97 Å². The fourth-order valence-electron chi connectivity index (χ4n) is 12.7. The molecule has 0 aromatic carbocycles. The number of rotatable bonds is 76. The molecular weight excluding hydrogens is 1080 g/mol. The lowest BCUT2D eigenvalue weighted by Crippen LogP contribution is -2.45. The Labute approximate surface area is 551 Å². The molecule has 0 bridgehead atoms. The first-order valence-electron chi connectivity index (χ1n) is 40.3. The van der Waals surface area contributed by atoms with E-state index >= 15 is 0 Å². The van der Waals surface area contributed by atoms with Crippen molar-refractivity contribution in [1.82, 2.24) is 5.32 Å². The number of carbonyl (C=O) groups excluding carboxylic acids is 2. The highest BCUT2D eigenvalue weighted by Crippen LogP contribution is 2.20. The third-order valence-electron chi connectivity index (χ3n) is 18.9. The van der Waals surface area contributed by atoms with Crippen LogP contribution in [0.5, 0.6) is 0 Å². The smallest absolute Gasteiger partial charge is 0.305 e. The van der Waals surface area contributed by atoms with E-state index in [1.54, 1.807) is 6.08 Å². The Morgan fingerprint density at radius 3 is 0.807 bits per heavy atom. The van der Waals surface area contributed by atoms with Crippen molar-refractivity contribution in [2.45, 2.75) is 463 Å². The van der Waals surface area contributed by atoms with Crippen LogP contribution in [-0.2, 0) is 14.3 Å². The first-order valence-corrected chi connectivity index (χ1v) is 40.3. The standard InChI is InChI=1S/C82H157NO5/c1-3-5-7-9-11-13-15-17-19-20-21-37-40-43-47-50-54-58-62-66-70-74-80(85)79(78-84)83-81(86)75-71-67-63-59-55-51-48-44-41-38-35-33-31-29-27-25-23-22-24-26-28-30-32-34-36-39-42-45-49-53-57-61-65-69-73-77-88-82(87)76-72-68-64-60-56-52-46-18-16-14-12-10-8-6-4-2/h18,24,26,46,70,74,79-80,84-85H,3-17,19-23,25,27-45,47-69,71-73,75-78H2,1-2H3,(H,83,86)/b26-24-,46-18-,74-70+. The number of amides is 1. The molecule has 6 heteroatoms. The fourth-order valence-corrected chi connectivity index (χ4v) is 12.7. The summed E-state index contributed by atoms with van der Waals surface area (Å²) in [4.78, 5) is 24.6. The van der Waals surface area contributed by atoms with Crippen LogP contribution in [0.2, 0.25) is 0 Å². The van der Waals surface area contributed by atoms with E-state index < -0.39 is 12.1 Å². The lowest BCUT2D eigenvalue weighted by Gasteiger charge is -2.20. The van der Waals surface area contributed by atoms with E-state index in [2.05, 4.69) is 43.5 Å². The Hall–Kier alpha value is -1.92. The van der Waals surface area contributed by atoms with Gasteiger partial charge in [-0.15, -0.1) is 0 Å². The molecule has 0 aliphatic rings. The van der Waals surface area contributed by atoms with Crippen LogP contribution in [0.1, 0.15) is 450 Å². The predicted octanol–water partition coefficient (Wildman–Crippen LogP) is 26.6. The Kier molecular flexibility index (Phi) is 75.8. The van der Waals surface area contributed by atoms with Gasteiger partial charge in [-0.2, -0.15) is 0 Å². The Morgan fingerprint density at radius 2 is 0.534 bits per heavy atom. The quantitative estimate of drug-likeness (QED) is 0.0320. The van der Waals surface area contributed by atoms with Crippen molar-refractivity contribution in [1.29, 1.82) is 0 Å².